The Hall–Kier alpha value is -2.31. The van der Waals surface area contributed by atoms with Gasteiger partial charge in [-0.3, -0.25) is 14.9 Å². The van der Waals surface area contributed by atoms with Crippen molar-refractivity contribution in [3.05, 3.63) is 82.8 Å². The molecular formula is C23H24ClN3O2. The minimum Gasteiger partial charge on any atom is -0.386 e. The molecule has 150 valence electrons. The first-order valence-electron chi connectivity index (χ1n) is 9.76. The molecule has 3 aromatic rings. The van der Waals surface area contributed by atoms with Gasteiger partial charge in [0.2, 0.25) is 0 Å². The van der Waals surface area contributed by atoms with Crippen LogP contribution >= 0.6 is 11.6 Å². The number of aryl methyl sites for hydroxylation is 1. The monoisotopic (exact) mass is 409 g/mol. The molecule has 0 unspecified atom stereocenters. The van der Waals surface area contributed by atoms with Crippen LogP contribution in [0.25, 0.3) is 11.3 Å². The summed E-state index contributed by atoms with van der Waals surface area (Å²) in [5.41, 5.74) is 4.31. The molecule has 4 rings (SSSR count). The fourth-order valence-corrected chi connectivity index (χ4v) is 4.19. The summed E-state index contributed by atoms with van der Waals surface area (Å²) in [5, 5.41) is 12.2. The number of rotatable bonds is 5. The predicted molar refractivity (Wildman–Crippen MR) is 114 cm³/mol. The molecule has 29 heavy (non-hydrogen) atoms. The lowest BCUT2D eigenvalue weighted by molar-refractivity contribution is -0.0238. The van der Waals surface area contributed by atoms with Gasteiger partial charge >= 0.3 is 0 Å². The summed E-state index contributed by atoms with van der Waals surface area (Å²) in [6.45, 7) is 4.79. The molecule has 1 aromatic carbocycles. The zero-order chi connectivity index (χ0) is 20.2. The Bertz CT molecular complexity index is 961. The number of benzene rings is 1. The van der Waals surface area contributed by atoms with Crippen molar-refractivity contribution >= 4 is 11.6 Å². The molecule has 2 atom stereocenters. The molecule has 2 aromatic heterocycles. The molecule has 6 heteroatoms. The summed E-state index contributed by atoms with van der Waals surface area (Å²) in [5.74, 6) is 0. The normalized spacial score (nSPS) is 17.1. The lowest BCUT2D eigenvalue weighted by atomic mass is 9.92. The van der Waals surface area contributed by atoms with Crippen LogP contribution in [0.5, 0.6) is 0 Å². The topological polar surface area (TPSA) is 58.5 Å². The van der Waals surface area contributed by atoms with Crippen molar-refractivity contribution in [3.8, 4) is 11.3 Å². The van der Waals surface area contributed by atoms with E-state index in [9.17, 15) is 5.11 Å². The lowest BCUT2D eigenvalue weighted by Crippen LogP contribution is -2.41. The molecule has 1 aliphatic rings. The number of halogens is 1. The largest absolute Gasteiger partial charge is 0.386 e. The third-order valence-electron chi connectivity index (χ3n) is 5.30. The molecule has 5 nitrogen and oxygen atoms in total. The molecule has 1 fully saturated rings. The average molecular weight is 410 g/mol. The Kier molecular flexibility index (Phi) is 6.21. The van der Waals surface area contributed by atoms with Crippen LogP contribution in [0, 0.1) is 6.92 Å². The van der Waals surface area contributed by atoms with Crippen molar-refractivity contribution < 1.29 is 9.84 Å². The highest BCUT2D eigenvalue weighted by Crippen LogP contribution is 2.39. The quantitative estimate of drug-likeness (QED) is 0.684. The minimum atomic E-state index is -0.793. The number of hydrogen-bond donors (Lipinski definition) is 1. The highest BCUT2D eigenvalue weighted by molar-refractivity contribution is 6.33. The Balaban J connectivity index is 1.78. The number of aliphatic hydroxyl groups is 1. The zero-order valence-corrected chi connectivity index (χ0v) is 17.1. The van der Waals surface area contributed by atoms with E-state index in [1.807, 2.05) is 55.6 Å². The summed E-state index contributed by atoms with van der Waals surface area (Å²) in [4.78, 5) is 11.1. The van der Waals surface area contributed by atoms with Gasteiger partial charge in [-0.15, -0.1) is 0 Å². The maximum atomic E-state index is 11.6. The van der Waals surface area contributed by atoms with E-state index in [1.54, 1.807) is 12.4 Å². The Morgan fingerprint density at radius 1 is 1.10 bits per heavy atom. The summed E-state index contributed by atoms with van der Waals surface area (Å²) >= 11 is 6.53. The molecule has 1 aliphatic heterocycles. The van der Waals surface area contributed by atoms with Gasteiger partial charge in [-0.05, 0) is 36.2 Å². The molecule has 0 bridgehead atoms. The van der Waals surface area contributed by atoms with Crippen LogP contribution in [0.2, 0.25) is 5.02 Å². The fraction of sp³-hybridized carbons (Fsp3) is 0.304. The third-order valence-corrected chi connectivity index (χ3v) is 5.61. The predicted octanol–water partition coefficient (Wildman–Crippen LogP) is 4.21. The number of aromatic nitrogens is 2. The second kappa shape index (κ2) is 9.01. The number of pyridine rings is 2. The molecule has 0 radical (unpaired) electrons. The van der Waals surface area contributed by atoms with E-state index >= 15 is 0 Å². The highest BCUT2D eigenvalue weighted by atomic mass is 35.5. The van der Waals surface area contributed by atoms with E-state index in [0.29, 0.717) is 23.9 Å². The molecule has 3 heterocycles. The van der Waals surface area contributed by atoms with Crippen molar-refractivity contribution in [2.45, 2.75) is 19.1 Å². The van der Waals surface area contributed by atoms with Crippen molar-refractivity contribution in [1.82, 2.24) is 14.9 Å². The Morgan fingerprint density at radius 3 is 2.62 bits per heavy atom. The van der Waals surface area contributed by atoms with Crippen LogP contribution in [-0.2, 0) is 4.74 Å². The van der Waals surface area contributed by atoms with Gasteiger partial charge in [0.25, 0.3) is 0 Å². The standard InChI is InChI=1S/C23H24ClN3O2/c1-16-6-7-18(20(24)14-16)21-19(5-3-9-26-21)23(28)22(17-4-2-8-25-15-17)27-10-12-29-13-11-27/h2-9,14-15,22-23,28H,10-13H2,1H3/t22-,23+/m0/s1. The van der Waals surface area contributed by atoms with Crippen LogP contribution in [0.1, 0.15) is 28.8 Å². The number of hydrogen-bond acceptors (Lipinski definition) is 5. The van der Waals surface area contributed by atoms with E-state index in [1.165, 1.54) is 0 Å². The first-order chi connectivity index (χ1) is 14.1. The van der Waals surface area contributed by atoms with E-state index < -0.39 is 6.10 Å². The van der Waals surface area contributed by atoms with Crippen LogP contribution in [0.4, 0.5) is 0 Å². The highest BCUT2D eigenvalue weighted by Gasteiger charge is 2.32. The molecule has 0 aliphatic carbocycles. The van der Waals surface area contributed by atoms with Crippen molar-refractivity contribution in [2.75, 3.05) is 26.3 Å². The lowest BCUT2D eigenvalue weighted by Gasteiger charge is -2.37. The Labute approximate surface area is 176 Å². The van der Waals surface area contributed by atoms with Gasteiger partial charge in [0, 0.05) is 42.8 Å². The summed E-state index contributed by atoms with van der Waals surface area (Å²) in [6.07, 6.45) is 4.50. The van der Waals surface area contributed by atoms with Crippen LogP contribution in [0.15, 0.2) is 61.1 Å². The SMILES string of the molecule is Cc1ccc(-c2ncccc2[C@@H](O)[C@H](c2cccnc2)N2CCOCC2)c(Cl)c1. The van der Waals surface area contributed by atoms with Crippen molar-refractivity contribution in [2.24, 2.45) is 0 Å². The summed E-state index contributed by atoms with van der Waals surface area (Å²) in [7, 11) is 0. The first-order valence-corrected chi connectivity index (χ1v) is 10.1. The number of nitrogens with zero attached hydrogens (tertiary/aromatic N) is 3. The first kappa shape index (κ1) is 20.0. The van der Waals surface area contributed by atoms with E-state index in [-0.39, 0.29) is 6.04 Å². The van der Waals surface area contributed by atoms with Gasteiger partial charge in [0.1, 0.15) is 6.10 Å². The Morgan fingerprint density at radius 2 is 1.90 bits per heavy atom. The molecule has 0 spiro atoms. The van der Waals surface area contributed by atoms with Gasteiger partial charge in [0.05, 0.1) is 30.0 Å². The maximum absolute atomic E-state index is 11.6. The zero-order valence-electron chi connectivity index (χ0n) is 16.3. The smallest absolute Gasteiger partial charge is 0.101 e. The maximum Gasteiger partial charge on any atom is 0.101 e. The molecular weight excluding hydrogens is 386 g/mol. The number of aliphatic hydroxyl groups excluding tert-OH is 1. The van der Waals surface area contributed by atoms with Crippen LogP contribution in [-0.4, -0.2) is 46.3 Å². The molecule has 1 saturated heterocycles. The second-order valence-electron chi connectivity index (χ2n) is 7.25. The number of ether oxygens (including phenoxy) is 1. The van der Waals surface area contributed by atoms with Gasteiger partial charge < -0.3 is 9.84 Å². The minimum absolute atomic E-state index is 0.250. The van der Waals surface area contributed by atoms with Crippen LogP contribution < -0.4 is 0 Å². The van der Waals surface area contributed by atoms with Crippen molar-refractivity contribution in [3.63, 3.8) is 0 Å². The van der Waals surface area contributed by atoms with Gasteiger partial charge in [-0.1, -0.05) is 35.9 Å². The van der Waals surface area contributed by atoms with Gasteiger partial charge in [-0.25, -0.2) is 0 Å². The molecule has 0 amide bonds. The van der Waals surface area contributed by atoms with E-state index in [4.69, 9.17) is 16.3 Å². The van der Waals surface area contributed by atoms with E-state index in [2.05, 4.69) is 14.9 Å². The van der Waals surface area contributed by atoms with Crippen LogP contribution in [0.3, 0.4) is 0 Å². The summed E-state index contributed by atoms with van der Waals surface area (Å²) in [6, 6.07) is 13.3. The fourth-order valence-electron chi connectivity index (χ4n) is 3.86. The third kappa shape index (κ3) is 4.33. The molecule has 1 N–H and O–H groups in total. The van der Waals surface area contributed by atoms with E-state index in [0.717, 1.165) is 35.3 Å². The van der Waals surface area contributed by atoms with Crippen molar-refractivity contribution in [1.29, 1.82) is 0 Å². The average Bonchev–Trinajstić information content (AvgIpc) is 2.75. The summed E-state index contributed by atoms with van der Waals surface area (Å²) < 4.78 is 5.52. The second-order valence-corrected chi connectivity index (χ2v) is 7.66. The van der Waals surface area contributed by atoms with Gasteiger partial charge in [-0.2, -0.15) is 0 Å². The molecule has 0 saturated carbocycles. The number of morpholine rings is 1. The van der Waals surface area contributed by atoms with Gasteiger partial charge in [0.15, 0.2) is 0 Å².